The van der Waals surface area contributed by atoms with Crippen LogP contribution in [0.15, 0.2) is 35.1 Å². The number of benzene rings is 2. The van der Waals surface area contributed by atoms with E-state index in [1.165, 1.54) is 12.4 Å². The van der Waals surface area contributed by atoms with E-state index in [1.807, 2.05) is 0 Å². The van der Waals surface area contributed by atoms with Gasteiger partial charge in [-0.05, 0) is 30.7 Å². The van der Waals surface area contributed by atoms with Crippen LogP contribution in [0.2, 0.25) is 5.02 Å². The van der Waals surface area contributed by atoms with Crippen LogP contribution in [0.3, 0.4) is 0 Å². The fraction of sp³-hybridized carbons (Fsp3) is 0.263. The van der Waals surface area contributed by atoms with Crippen LogP contribution in [-0.2, 0) is 21.7 Å². The van der Waals surface area contributed by atoms with Crippen LogP contribution in [0.25, 0.3) is 11.0 Å². The Morgan fingerprint density at radius 2 is 2.10 bits per heavy atom. The number of aryl methyl sites for hydroxylation is 1. The first-order chi connectivity index (χ1) is 14.6. The molecule has 12 heteroatoms. The van der Waals surface area contributed by atoms with Crippen LogP contribution in [-0.4, -0.2) is 42.5 Å². The van der Waals surface area contributed by atoms with Gasteiger partial charge in [-0.2, -0.15) is 0 Å². The minimum atomic E-state index is -3.13. The molecule has 3 rings (SSSR count). The van der Waals surface area contributed by atoms with E-state index in [0.717, 1.165) is 10.7 Å². The molecule has 31 heavy (non-hydrogen) atoms. The molecular formula is C19H19BrClFN4O4S. The number of fused-ring (bicyclic) bond motifs is 1. The molecule has 0 saturated carbocycles. The van der Waals surface area contributed by atoms with Crippen molar-refractivity contribution in [3.63, 3.8) is 0 Å². The molecule has 0 atom stereocenters. The highest BCUT2D eigenvalue weighted by Gasteiger charge is 2.22. The summed E-state index contributed by atoms with van der Waals surface area (Å²) in [6.07, 6.45) is 2.75. The van der Waals surface area contributed by atoms with Gasteiger partial charge in [0.15, 0.2) is 5.82 Å². The Bertz CT molecular complexity index is 1250. The minimum Gasteiger partial charge on any atom is -0.351 e. The van der Waals surface area contributed by atoms with Crippen LogP contribution in [0.4, 0.5) is 15.8 Å². The second kappa shape index (κ2) is 9.51. The first kappa shape index (κ1) is 23.5. The molecule has 0 fully saturated rings. The van der Waals surface area contributed by atoms with Crippen molar-refractivity contribution in [1.29, 1.82) is 0 Å². The smallest absolute Gasteiger partial charge is 0.277 e. The van der Waals surface area contributed by atoms with Gasteiger partial charge in [0.25, 0.3) is 5.91 Å². The lowest BCUT2D eigenvalue weighted by atomic mass is 10.1. The Morgan fingerprint density at radius 1 is 1.35 bits per heavy atom. The largest absolute Gasteiger partial charge is 0.351 e. The van der Waals surface area contributed by atoms with Gasteiger partial charge in [0, 0.05) is 17.8 Å². The molecule has 2 N–H and O–H groups in total. The quantitative estimate of drug-likeness (QED) is 0.336. The number of hydroxylamine groups is 1. The second-order valence-electron chi connectivity index (χ2n) is 6.85. The van der Waals surface area contributed by atoms with Crippen molar-refractivity contribution in [3.8, 4) is 0 Å². The van der Waals surface area contributed by atoms with E-state index >= 15 is 4.39 Å². The molecule has 0 aliphatic heterocycles. The molecule has 8 nitrogen and oxygen atoms in total. The number of aromatic nitrogens is 2. The summed E-state index contributed by atoms with van der Waals surface area (Å²) in [5, 5.41) is 3.19. The Morgan fingerprint density at radius 3 is 2.77 bits per heavy atom. The minimum absolute atomic E-state index is 0.0173. The van der Waals surface area contributed by atoms with Crippen molar-refractivity contribution in [2.75, 3.05) is 23.9 Å². The van der Waals surface area contributed by atoms with Crippen LogP contribution >= 0.6 is 27.5 Å². The zero-order valence-corrected chi connectivity index (χ0v) is 19.7. The third-order valence-corrected chi connectivity index (χ3v) is 6.16. The van der Waals surface area contributed by atoms with Crippen molar-refractivity contribution >= 4 is 65.7 Å². The van der Waals surface area contributed by atoms with Gasteiger partial charge in [0.05, 0.1) is 46.2 Å². The lowest BCUT2D eigenvalue weighted by Gasteiger charge is -2.15. The molecule has 0 unspecified atom stereocenters. The van der Waals surface area contributed by atoms with Crippen molar-refractivity contribution in [3.05, 3.63) is 51.5 Å². The Balaban J connectivity index is 1.90. The summed E-state index contributed by atoms with van der Waals surface area (Å²) in [4.78, 5) is 21.9. The summed E-state index contributed by atoms with van der Waals surface area (Å²) >= 11 is 9.54. The topological polar surface area (TPSA) is 102 Å². The molecule has 166 valence electrons. The zero-order chi connectivity index (χ0) is 22.8. The number of carbonyl (C=O) groups is 1. The number of hydrogen-bond acceptors (Lipinski definition) is 6. The third kappa shape index (κ3) is 5.73. The highest BCUT2D eigenvalue weighted by molar-refractivity contribution is 9.10. The lowest BCUT2D eigenvalue weighted by molar-refractivity contribution is 0.0317. The lowest BCUT2D eigenvalue weighted by Crippen LogP contribution is -2.26. The first-order valence-electron chi connectivity index (χ1n) is 9.02. The summed E-state index contributed by atoms with van der Waals surface area (Å²) in [6.45, 7) is -0.0173. The molecule has 2 aromatic carbocycles. The molecule has 0 saturated heterocycles. The number of amides is 1. The normalized spacial score (nSPS) is 11.6. The van der Waals surface area contributed by atoms with E-state index < -0.39 is 21.6 Å². The second-order valence-corrected chi connectivity index (χ2v) is 10.4. The fourth-order valence-corrected chi connectivity index (χ4v) is 4.18. The maximum absolute atomic E-state index is 15.3. The number of nitrogens with one attached hydrogen (secondary N) is 2. The van der Waals surface area contributed by atoms with E-state index in [0.29, 0.717) is 16.2 Å². The summed E-state index contributed by atoms with van der Waals surface area (Å²) in [5.74, 6) is -1.51. The molecule has 0 aliphatic carbocycles. The van der Waals surface area contributed by atoms with Crippen molar-refractivity contribution in [2.45, 2.75) is 6.42 Å². The Kier molecular flexibility index (Phi) is 7.20. The number of rotatable bonds is 8. The molecule has 3 aromatic rings. The predicted molar refractivity (Wildman–Crippen MR) is 121 cm³/mol. The third-order valence-electron chi connectivity index (χ3n) is 4.32. The number of imidazole rings is 1. The molecule has 1 heterocycles. The molecule has 0 bridgehead atoms. The monoisotopic (exact) mass is 532 g/mol. The maximum atomic E-state index is 15.3. The number of hydrogen-bond donors (Lipinski definition) is 2. The summed E-state index contributed by atoms with van der Waals surface area (Å²) in [7, 11) is -1.45. The van der Waals surface area contributed by atoms with Gasteiger partial charge < -0.3 is 9.88 Å². The van der Waals surface area contributed by atoms with Crippen LogP contribution in [0, 0.1) is 5.82 Å². The number of halogens is 3. The van der Waals surface area contributed by atoms with E-state index in [4.69, 9.17) is 16.4 Å². The SMILES string of the molecule is Cn1cnc2c(F)c(Nc3ccc(Br)cc3Cl)c(C(=O)NOCCCS(C)(=O)=O)cc21. The van der Waals surface area contributed by atoms with E-state index in [2.05, 4.69) is 31.7 Å². The van der Waals surface area contributed by atoms with Gasteiger partial charge >= 0.3 is 0 Å². The molecule has 1 aromatic heterocycles. The van der Waals surface area contributed by atoms with Crippen LogP contribution < -0.4 is 10.8 Å². The Labute approximate surface area is 191 Å². The Hall–Kier alpha value is -2.21. The molecule has 0 radical (unpaired) electrons. The van der Waals surface area contributed by atoms with Gasteiger partial charge in [-0.25, -0.2) is 23.3 Å². The predicted octanol–water partition coefficient (Wildman–Crippen LogP) is 3.97. The number of carbonyl (C=O) groups excluding carboxylic acids is 1. The number of sulfone groups is 1. The maximum Gasteiger partial charge on any atom is 0.277 e. The van der Waals surface area contributed by atoms with Crippen LogP contribution in [0.1, 0.15) is 16.8 Å². The molecule has 0 aliphatic rings. The molecule has 0 spiro atoms. The fourth-order valence-electron chi connectivity index (χ4n) is 2.82. The highest BCUT2D eigenvalue weighted by atomic mass is 79.9. The first-order valence-corrected chi connectivity index (χ1v) is 12.3. The summed E-state index contributed by atoms with van der Waals surface area (Å²) < 4.78 is 40.0. The van der Waals surface area contributed by atoms with E-state index in [-0.39, 0.29) is 35.5 Å². The van der Waals surface area contributed by atoms with Crippen molar-refractivity contribution in [1.82, 2.24) is 15.0 Å². The standard InChI is InChI=1S/C19H19BrClFN4O4S/c1-26-10-23-18-15(26)9-12(19(27)25-30-6-3-7-31(2,28)29)17(16(18)22)24-14-5-4-11(20)8-13(14)21/h4-5,8-10,24H,3,6-7H2,1-2H3,(H,25,27). The number of nitrogens with zero attached hydrogens (tertiary/aromatic N) is 2. The average Bonchev–Trinajstić information content (AvgIpc) is 3.05. The zero-order valence-electron chi connectivity index (χ0n) is 16.6. The van der Waals surface area contributed by atoms with E-state index in [9.17, 15) is 13.2 Å². The summed E-state index contributed by atoms with van der Waals surface area (Å²) in [5.41, 5.74) is 2.97. The van der Waals surface area contributed by atoms with Gasteiger partial charge in [-0.15, -0.1) is 0 Å². The van der Waals surface area contributed by atoms with Crippen molar-refractivity contribution < 1.29 is 22.4 Å². The van der Waals surface area contributed by atoms with Gasteiger partial charge in [0.2, 0.25) is 0 Å². The van der Waals surface area contributed by atoms with E-state index in [1.54, 1.807) is 29.8 Å². The summed E-state index contributed by atoms with van der Waals surface area (Å²) in [6, 6.07) is 6.47. The highest BCUT2D eigenvalue weighted by Crippen LogP contribution is 2.34. The average molecular weight is 534 g/mol. The molecular weight excluding hydrogens is 515 g/mol. The van der Waals surface area contributed by atoms with Crippen molar-refractivity contribution in [2.24, 2.45) is 7.05 Å². The van der Waals surface area contributed by atoms with Gasteiger partial charge in [-0.1, -0.05) is 27.5 Å². The van der Waals surface area contributed by atoms with Gasteiger partial charge in [0.1, 0.15) is 15.4 Å². The molecule has 1 amide bonds. The van der Waals surface area contributed by atoms with Crippen LogP contribution in [0.5, 0.6) is 0 Å². The van der Waals surface area contributed by atoms with Gasteiger partial charge in [-0.3, -0.25) is 9.63 Å². The number of anilines is 2.